The molecular weight excluding hydrogens is 246 g/mol. The van der Waals surface area contributed by atoms with Gasteiger partial charge in [0.15, 0.2) is 0 Å². The van der Waals surface area contributed by atoms with Gasteiger partial charge in [-0.1, -0.05) is 34.6 Å². The minimum atomic E-state index is 0.0375. The molecule has 0 saturated heterocycles. The number of hydrogen-bond acceptors (Lipinski definition) is 3. The van der Waals surface area contributed by atoms with E-state index in [4.69, 9.17) is 9.97 Å². The van der Waals surface area contributed by atoms with Crippen LogP contribution in [-0.2, 0) is 18.3 Å². The van der Waals surface area contributed by atoms with Crippen molar-refractivity contribution in [1.29, 1.82) is 0 Å². The summed E-state index contributed by atoms with van der Waals surface area (Å²) in [7, 11) is 0. The lowest BCUT2D eigenvalue weighted by molar-refractivity contribution is 0.398. The van der Waals surface area contributed by atoms with Crippen molar-refractivity contribution >= 4 is 0 Å². The maximum atomic E-state index is 4.84. The van der Waals surface area contributed by atoms with Crippen molar-refractivity contribution < 1.29 is 0 Å². The summed E-state index contributed by atoms with van der Waals surface area (Å²) >= 11 is 0. The van der Waals surface area contributed by atoms with Gasteiger partial charge in [-0.25, -0.2) is 9.97 Å². The van der Waals surface area contributed by atoms with Crippen LogP contribution in [0.5, 0.6) is 0 Å². The minimum absolute atomic E-state index is 0.0375. The molecule has 0 amide bonds. The van der Waals surface area contributed by atoms with Crippen LogP contribution in [0.15, 0.2) is 0 Å². The third-order valence-corrected chi connectivity index (χ3v) is 4.07. The fraction of sp³-hybridized carbons (Fsp3) is 0.765. The van der Waals surface area contributed by atoms with Crippen molar-refractivity contribution in [2.45, 2.75) is 72.3 Å². The summed E-state index contributed by atoms with van der Waals surface area (Å²) in [6.07, 6.45) is 3.48. The van der Waals surface area contributed by atoms with Crippen molar-refractivity contribution in [3.63, 3.8) is 0 Å². The van der Waals surface area contributed by atoms with E-state index in [2.05, 4.69) is 46.9 Å². The second-order valence-electron chi connectivity index (χ2n) is 7.48. The zero-order chi connectivity index (χ0) is 14.9. The molecule has 0 saturated carbocycles. The summed E-state index contributed by atoms with van der Waals surface area (Å²) in [6, 6.07) is 0.567. The Morgan fingerprint density at radius 2 is 1.95 bits per heavy atom. The second kappa shape index (κ2) is 5.80. The van der Waals surface area contributed by atoms with Crippen LogP contribution in [0.3, 0.4) is 0 Å². The monoisotopic (exact) mass is 275 g/mol. The lowest BCUT2D eigenvalue weighted by Gasteiger charge is -2.28. The number of fused-ring (bicyclic) bond motifs is 1. The zero-order valence-electron chi connectivity index (χ0n) is 13.9. The Hall–Kier alpha value is -0.960. The van der Waals surface area contributed by atoms with Gasteiger partial charge < -0.3 is 5.32 Å². The molecule has 1 aliphatic carbocycles. The molecule has 1 heterocycles. The first-order chi connectivity index (χ1) is 9.27. The van der Waals surface area contributed by atoms with Gasteiger partial charge in [0.2, 0.25) is 0 Å². The lowest BCUT2D eigenvalue weighted by Crippen LogP contribution is -2.32. The summed E-state index contributed by atoms with van der Waals surface area (Å²) in [5.41, 5.74) is 3.92. The molecule has 1 aromatic heterocycles. The smallest absolute Gasteiger partial charge is 0.134 e. The van der Waals surface area contributed by atoms with Crippen LogP contribution in [0.1, 0.15) is 63.8 Å². The molecule has 0 bridgehead atoms. The summed E-state index contributed by atoms with van der Waals surface area (Å²) in [6.45, 7) is 14.2. The minimum Gasteiger partial charge on any atom is -0.314 e. The van der Waals surface area contributed by atoms with Crippen molar-refractivity contribution in [1.82, 2.24) is 15.3 Å². The Morgan fingerprint density at radius 3 is 2.55 bits per heavy atom. The van der Waals surface area contributed by atoms with Crippen LogP contribution in [-0.4, -0.2) is 22.6 Å². The van der Waals surface area contributed by atoms with Crippen molar-refractivity contribution in [2.75, 3.05) is 6.54 Å². The fourth-order valence-electron chi connectivity index (χ4n) is 2.77. The SMILES string of the molecule is Cc1nc(C(C)(C)C)nc2c1CC(CNC(C)C)CC2. The first-order valence-electron chi connectivity index (χ1n) is 7.87. The van der Waals surface area contributed by atoms with E-state index in [0.717, 1.165) is 31.1 Å². The number of aromatic nitrogens is 2. The average molecular weight is 275 g/mol. The molecule has 1 aliphatic rings. The number of nitrogens with zero attached hydrogens (tertiary/aromatic N) is 2. The van der Waals surface area contributed by atoms with E-state index < -0.39 is 0 Å². The molecule has 1 atom stereocenters. The molecular formula is C17H29N3. The highest BCUT2D eigenvalue weighted by molar-refractivity contribution is 5.29. The number of aryl methyl sites for hydroxylation is 2. The zero-order valence-corrected chi connectivity index (χ0v) is 13.9. The molecule has 0 aliphatic heterocycles. The Morgan fingerprint density at radius 1 is 1.25 bits per heavy atom. The van der Waals surface area contributed by atoms with Crippen LogP contribution in [0.2, 0.25) is 0 Å². The van der Waals surface area contributed by atoms with E-state index in [0.29, 0.717) is 6.04 Å². The second-order valence-corrected chi connectivity index (χ2v) is 7.48. The van der Waals surface area contributed by atoms with Gasteiger partial charge in [0.1, 0.15) is 5.82 Å². The maximum absolute atomic E-state index is 4.84. The highest BCUT2D eigenvalue weighted by Crippen LogP contribution is 2.28. The highest BCUT2D eigenvalue weighted by Gasteiger charge is 2.25. The Kier molecular flexibility index (Phi) is 4.48. The Balaban J connectivity index is 2.17. The van der Waals surface area contributed by atoms with Crippen LogP contribution < -0.4 is 5.32 Å². The molecule has 0 aromatic carbocycles. The van der Waals surface area contributed by atoms with Gasteiger partial charge >= 0.3 is 0 Å². The molecule has 0 spiro atoms. The standard InChI is InChI=1S/C17H29N3/c1-11(2)18-10-13-7-8-15-14(9-13)12(3)19-16(20-15)17(4,5)6/h11,13,18H,7-10H2,1-6H3. The average Bonchev–Trinajstić information content (AvgIpc) is 2.35. The molecule has 112 valence electrons. The summed E-state index contributed by atoms with van der Waals surface area (Å²) in [4.78, 5) is 9.60. The molecule has 3 nitrogen and oxygen atoms in total. The Bertz CT molecular complexity index is 472. The van der Waals surface area contributed by atoms with Gasteiger partial charge in [-0.15, -0.1) is 0 Å². The van der Waals surface area contributed by atoms with Gasteiger partial charge in [0, 0.05) is 22.8 Å². The van der Waals surface area contributed by atoms with Crippen LogP contribution in [0.25, 0.3) is 0 Å². The van der Waals surface area contributed by atoms with Crippen LogP contribution in [0, 0.1) is 12.8 Å². The molecule has 1 N–H and O–H groups in total. The van der Waals surface area contributed by atoms with E-state index in [1.807, 2.05) is 0 Å². The van der Waals surface area contributed by atoms with E-state index in [9.17, 15) is 0 Å². The third-order valence-electron chi connectivity index (χ3n) is 4.07. The lowest BCUT2D eigenvalue weighted by atomic mass is 9.85. The molecule has 0 radical (unpaired) electrons. The molecule has 2 rings (SSSR count). The topological polar surface area (TPSA) is 37.8 Å². The number of nitrogens with one attached hydrogen (secondary N) is 1. The number of hydrogen-bond donors (Lipinski definition) is 1. The van der Waals surface area contributed by atoms with Gasteiger partial charge in [0.25, 0.3) is 0 Å². The van der Waals surface area contributed by atoms with Crippen LogP contribution >= 0.6 is 0 Å². The normalized spacial score (nSPS) is 19.2. The Labute approximate surface area is 123 Å². The van der Waals surface area contributed by atoms with E-state index in [1.54, 1.807) is 0 Å². The van der Waals surface area contributed by atoms with Gasteiger partial charge in [0.05, 0.1) is 0 Å². The molecule has 3 heteroatoms. The van der Waals surface area contributed by atoms with Crippen molar-refractivity contribution in [3.05, 3.63) is 22.8 Å². The van der Waals surface area contributed by atoms with Crippen molar-refractivity contribution in [2.24, 2.45) is 5.92 Å². The van der Waals surface area contributed by atoms with Crippen LogP contribution in [0.4, 0.5) is 0 Å². The largest absolute Gasteiger partial charge is 0.314 e. The van der Waals surface area contributed by atoms with Gasteiger partial charge in [-0.2, -0.15) is 0 Å². The maximum Gasteiger partial charge on any atom is 0.134 e. The fourth-order valence-corrected chi connectivity index (χ4v) is 2.77. The molecule has 1 aromatic rings. The van der Waals surface area contributed by atoms with Gasteiger partial charge in [-0.05, 0) is 44.2 Å². The van der Waals surface area contributed by atoms with Gasteiger partial charge in [-0.3, -0.25) is 0 Å². The van der Waals surface area contributed by atoms with E-state index in [1.165, 1.54) is 23.4 Å². The molecule has 1 unspecified atom stereocenters. The van der Waals surface area contributed by atoms with E-state index >= 15 is 0 Å². The third kappa shape index (κ3) is 3.57. The number of rotatable bonds is 3. The van der Waals surface area contributed by atoms with E-state index in [-0.39, 0.29) is 5.41 Å². The molecule has 0 fully saturated rings. The first-order valence-corrected chi connectivity index (χ1v) is 7.87. The predicted octanol–water partition coefficient (Wildman–Crippen LogP) is 3.19. The summed E-state index contributed by atoms with van der Waals surface area (Å²) in [5.74, 6) is 1.72. The van der Waals surface area contributed by atoms with Crippen molar-refractivity contribution in [3.8, 4) is 0 Å². The highest BCUT2D eigenvalue weighted by atomic mass is 14.9. The summed E-state index contributed by atoms with van der Waals surface area (Å²) in [5, 5.41) is 3.56. The predicted molar refractivity (Wildman–Crippen MR) is 84.1 cm³/mol. The first kappa shape index (κ1) is 15.4. The molecule has 20 heavy (non-hydrogen) atoms. The quantitative estimate of drug-likeness (QED) is 0.920. The summed E-state index contributed by atoms with van der Waals surface area (Å²) < 4.78 is 0.